The first-order valence-electron chi connectivity index (χ1n) is 8.31. The standard InChI is InChI=1S/C22H22/c1-19-11-7-8-12-20(19,2)18-14-22(4)16-10-6-5-9-15(16)21(22,3)13-17(18)19/h5-14H,1-4H3. The van der Waals surface area contributed by atoms with E-state index in [1.165, 1.54) is 11.1 Å². The maximum absolute atomic E-state index is 2.58. The van der Waals surface area contributed by atoms with E-state index >= 15 is 0 Å². The molecule has 1 aromatic carbocycles. The Hall–Kier alpha value is -1.82. The summed E-state index contributed by atoms with van der Waals surface area (Å²) in [6.45, 7) is 9.62. The van der Waals surface area contributed by atoms with Crippen LogP contribution in [0.25, 0.3) is 0 Å². The Labute approximate surface area is 132 Å². The van der Waals surface area contributed by atoms with Gasteiger partial charge in [0.05, 0.1) is 0 Å². The van der Waals surface area contributed by atoms with Crippen LogP contribution in [-0.2, 0) is 10.8 Å². The molecule has 1 fully saturated rings. The third-order valence-electron chi connectivity index (χ3n) is 7.45. The molecule has 110 valence electrons. The van der Waals surface area contributed by atoms with Crippen molar-refractivity contribution in [3.05, 3.63) is 83.0 Å². The van der Waals surface area contributed by atoms with Crippen molar-refractivity contribution < 1.29 is 0 Å². The Balaban J connectivity index is 1.79. The van der Waals surface area contributed by atoms with Gasteiger partial charge in [-0.15, -0.1) is 0 Å². The summed E-state index contributed by atoms with van der Waals surface area (Å²) in [5.41, 5.74) is 6.70. The van der Waals surface area contributed by atoms with Gasteiger partial charge in [-0.1, -0.05) is 88.4 Å². The maximum atomic E-state index is 2.58. The fourth-order valence-corrected chi connectivity index (χ4v) is 5.45. The molecule has 0 amide bonds. The van der Waals surface area contributed by atoms with Gasteiger partial charge in [0.2, 0.25) is 0 Å². The fraction of sp³-hybridized carbons (Fsp3) is 0.364. The van der Waals surface area contributed by atoms with Crippen molar-refractivity contribution in [2.24, 2.45) is 10.8 Å². The molecule has 0 heteroatoms. The second kappa shape index (κ2) is 3.25. The fourth-order valence-electron chi connectivity index (χ4n) is 5.45. The maximum Gasteiger partial charge on any atom is 0.0242 e. The summed E-state index contributed by atoms with van der Waals surface area (Å²) in [6.07, 6.45) is 14.4. The molecule has 4 aliphatic carbocycles. The molecular formula is C22H22. The molecule has 5 rings (SSSR count). The Morgan fingerprint density at radius 2 is 1.00 bits per heavy atom. The van der Waals surface area contributed by atoms with Crippen LogP contribution in [0.3, 0.4) is 0 Å². The molecule has 1 aromatic rings. The largest absolute Gasteiger partial charge is 0.0730 e. The molecule has 0 heterocycles. The zero-order valence-corrected chi connectivity index (χ0v) is 13.8. The number of fused-ring (bicyclic) bond motifs is 8. The minimum absolute atomic E-state index is 0.141. The van der Waals surface area contributed by atoms with Crippen molar-refractivity contribution >= 4 is 0 Å². The molecule has 0 N–H and O–H groups in total. The summed E-state index contributed by atoms with van der Waals surface area (Å²) < 4.78 is 0. The van der Waals surface area contributed by atoms with Crippen LogP contribution in [0, 0.1) is 10.8 Å². The van der Waals surface area contributed by atoms with Crippen LogP contribution in [0.2, 0.25) is 0 Å². The molecular weight excluding hydrogens is 264 g/mol. The van der Waals surface area contributed by atoms with Gasteiger partial charge in [-0.25, -0.2) is 0 Å². The van der Waals surface area contributed by atoms with Crippen molar-refractivity contribution in [3.8, 4) is 0 Å². The molecule has 1 saturated carbocycles. The van der Waals surface area contributed by atoms with E-state index in [0.29, 0.717) is 0 Å². The van der Waals surface area contributed by atoms with E-state index in [1.807, 2.05) is 0 Å². The highest BCUT2D eigenvalue weighted by Crippen LogP contribution is 2.73. The van der Waals surface area contributed by atoms with Crippen LogP contribution in [0.4, 0.5) is 0 Å². The predicted octanol–water partition coefficient (Wildman–Crippen LogP) is 5.23. The van der Waals surface area contributed by atoms with Gasteiger partial charge >= 0.3 is 0 Å². The molecule has 0 aromatic heterocycles. The van der Waals surface area contributed by atoms with E-state index in [1.54, 1.807) is 11.1 Å². The summed E-state index contributed by atoms with van der Waals surface area (Å²) in [7, 11) is 0. The number of hydrogen-bond donors (Lipinski definition) is 0. The smallest absolute Gasteiger partial charge is 0.0242 e. The molecule has 0 spiro atoms. The Morgan fingerprint density at radius 1 is 0.591 bits per heavy atom. The molecule has 22 heavy (non-hydrogen) atoms. The SMILES string of the molecule is CC12C=CC=CC1(C)C1=CC3(C)c4ccccc4C3(C)C=C12. The highest BCUT2D eigenvalue weighted by molar-refractivity contribution is 5.72. The van der Waals surface area contributed by atoms with Gasteiger partial charge in [0.15, 0.2) is 0 Å². The highest BCUT2D eigenvalue weighted by atomic mass is 14.7. The zero-order valence-electron chi connectivity index (χ0n) is 13.8. The summed E-state index contributed by atoms with van der Waals surface area (Å²) in [6, 6.07) is 8.97. The summed E-state index contributed by atoms with van der Waals surface area (Å²) in [5.74, 6) is 0. The van der Waals surface area contributed by atoms with Gasteiger partial charge in [0, 0.05) is 21.7 Å². The second-order valence-corrected chi connectivity index (χ2v) is 8.19. The lowest BCUT2D eigenvalue weighted by Gasteiger charge is -2.66. The number of rotatable bonds is 0. The number of benzene rings is 1. The lowest BCUT2D eigenvalue weighted by atomic mass is 9.36. The van der Waals surface area contributed by atoms with E-state index < -0.39 is 0 Å². The van der Waals surface area contributed by atoms with Crippen molar-refractivity contribution in [1.29, 1.82) is 0 Å². The van der Waals surface area contributed by atoms with Crippen molar-refractivity contribution in [2.45, 2.75) is 38.5 Å². The summed E-state index contributed by atoms with van der Waals surface area (Å²) >= 11 is 0. The van der Waals surface area contributed by atoms with E-state index in [-0.39, 0.29) is 21.7 Å². The first-order chi connectivity index (χ1) is 10.4. The lowest BCUT2D eigenvalue weighted by Crippen LogP contribution is -2.60. The number of hydrogen-bond acceptors (Lipinski definition) is 0. The van der Waals surface area contributed by atoms with E-state index in [2.05, 4.69) is 88.4 Å². The van der Waals surface area contributed by atoms with E-state index in [0.717, 1.165) is 0 Å². The molecule has 0 saturated heterocycles. The van der Waals surface area contributed by atoms with E-state index in [9.17, 15) is 0 Å². The Morgan fingerprint density at radius 3 is 1.41 bits per heavy atom. The Bertz CT molecular complexity index is 778. The van der Waals surface area contributed by atoms with Gasteiger partial charge < -0.3 is 0 Å². The van der Waals surface area contributed by atoms with Crippen LogP contribution >= 0.6 is 0 Å². The van der Waals surface area contributed by atoms with Crippen molar-refractivity contribution in [2.75, 3.05) is 0 Å². The Kier molecular flexibility index (Phi) is 1.87. The number of allylic oxidation sites excluding steroid dienone is 8. The first-order valence-corrected chi connectivity index (χ1v) is 8.31. The van der Waals surface area contributed by atoms with Gasteiger partial charge in [0.25, 0.3) is 0 Å². The van der Waals surface area contributed by atoms with Gasteiger partial charge in [-0.05, 0) is 22.3 Å². The molecule has 4 unspecified atom stereocenters. The van der Waals surface area contributed by atoms with Crippen LogP contribution < -0.4 is 0 Å². The van der Waals surface area contributed by atoms with Gasteiger partial charge in [0.1, 0.15) is 0 Å². The quantitative estimate of drug-likeness (QED) is 0.612. The predicted molar refractivity (Wildman–Crippen MR) is 91.8 cm³/mol. The zero-order chi connectivity index (χ0) is 15.4. The van der Waals surface area contributed by atoms with Crippen molar-refractivity contribution in [1.82, 2.24) is 0 Å². The monoisotopic (exact) mass is 286 g/mol. The molecule has 0 aliphatic heterocycles. The molecule has 4 aliphatic rings. The minimum atomic E-state index is 0.141. The summed E-state index contributed by atoms with van der Waals surface area (Å²) in [5, 5.41) is 0. The average Bonchev–Trinajstić information content (AvgIpc) is 2.52. The first kappa shape index (κ1) is 12.7. The van der Waals surface area contributed by atoms with E-state index in [4.69, 9.17) is 0 Å². The molecule has 0 radical (unpaired) electrons. The van der Waals surface area contributed by atoms with Crippen molar-refractivity contribution in [3.63, 3.8) is 0 Å². The van der Waals surface area contributed by atoms with Gasteiger partial charge in [-0.3, -0.25) is 0 Å². The normalized spacial score (nSPS) is 46.2. The van der Waals surface area contributed by atoms with Crippen LogP contribution in [0.15, 0.2) is 71.9 Å². The molecule has 0 bridgehead atoms. The van der Waals surface area contributed by atoms with Crippen LogP contribution in [0.5, 0.6) is 0 Å². The third kappa shape index (κ3) is 0.975. The van der Waals surface area contributed by atoms with Crippen LogP contribution in [0.1, 0.15) is 38.8 Å². The lowest BCUT2D eigenvalue weighted by molar-refractivity contribution is 0.181. The highest BCUT2D eigenvalue weighted by Gasteiger charge is 2.65. The topological polar surface area (TPSA) is 0 Å². The summed E-state index contributed by atoms with van der Waals surface area (Å²) in [4.78, 5) is 0. The van der Waals surface area contributed by atoms with Crippen LogP contribution in [-0.4, -0.2) is 0 Å². The van der Waals surface area contributed by atoms with Gasteiger partial charge in [-0.2, -0.15) is 0 Å². The second-order valence-electron chi connectivity index (χ2n) is 8.19. The third-order valence-corrected chi connectivity index (χ3v) is 7.45. The molecule has 4 atom stereocenters. The minimum Gasteiger partial charge on any atom is -0.0730 e. The average molecular weight is 286 g/mol. The molecule has 0 nitrogen and oxygen atoms in total.